The van der Waals surface area contributed by atoms with Gasteiger partial charge in [-0.25, -0.2) is 9.97 Å². The Labute approximate surface area is 120 Å². The van der Waals surface area contributed by atoms with Crippen LogP contribution in [0.2, 0.25) is 0 Å². The van der Waals surface area contributed by atoms with E-state index in [1.54, 1.807) is 7.11 Å². The molecule has 5 heteroatoms. The van der Waals surface area contributed by atoms with Gasteiger partial charge in [0.15, 0.2) is 0 Å². The van der Waals surface area contributed by atoms with E-state index in [1.165, 1.54) is 12.8 Å². The van der Waals surface area contributed by atoms with Crippen molar-refractivity contribution < 1.29 is 4.74 Å². The number of nitrogens with zero attached hydrogens (tertiary/aromatic N) is 3. The van der Waals surface area contributed by atoms with E-state index < -0.39 is 0 Å². The van der Waals surface area contributed by atoms with Crippen LogP contribution in [0.3, 0.4) is 0 Å². The van der Waals surface area contributed by atoms with Crippen molar-refractivity contribution in [3.8, 4) is 0 Å². The summed E-state index contributed by atoms with van der Waals surface area (Å²) in [5.41, 5.74) is 0. The van der Waals surface area contributed by atoms with Crippen LogP contribution >= 0.6 is 0 Å². The number of anilines is 2. The Morgan fingerprint density at radius 3 is 2.75 bits per heavy atom. The average Bonchev–Trinajstić information content (AvgIpc) is 3.32. The summed E-state index contributed by atoms with van der Waals surface area (Å²) in [5, 5.41) is 3.15. The van der Waals surface area contributed by atoms with E-state index in [-0.39, 0.29) is 0 Å². The number of rotatable bonds is 4. The lowest BCUT2D eigenvalue weighted by atomic mass is 9.96. The minimum absolute atomic E-state index is 0.293. The van der Waals surface area contributed by atoms with E-state index in [9.17, 15) is 0 Å². The molecule has 20 heavy (non-hydrogen) atoms. The first-order valence-electron chi connectivity index (χ1n) is 7.55. The lowest BCUT2D eigenvalue weighted by Gasteiger charge is -2.37. The molecule has 1 aromatic rings. The lowest BCUT2D eigenvalue weighted by molar-refractivity contribution is 0.0496. The van der Waals surface area contributed by atoms with Crippen molar-refractivity contribution in [3.05, 3.63) is 11.9 Å². The highest BCUT2D eigenvalue weighted by molar-refractivity contribution is 5.50. The highest BCUT2D eigenvalue weighted by Gasteiger charge is 2.30. The molecule has 0 amide bonds. The van der Waals surface area contributed by atoms with Crippen LogP contribution in [0.15, 0.2) is 6.07 Å². The fourth-order valence-corrected chi connectivity index (χ4v) is 2.82. The molecule has 1 aromatic heterocycles. The third-order valence-corrected chi connectivity index (χ3v) is 4.44. The average molecular weight is 276 g/mol. The lowest BCUT2D eigenvalue weighted by Crippen LogP contribution is -2.44. The Balaban J connectivity index is 1.83. The number of hydrogen-bond acceptors (Lipinski definition) is 5. The van der Waals surface area contributed by atoms with Gasteiger partial charge in [-0.2, -0.15) is 0 Å². The highest BCUT2D eigenvalue weighted by atomic mass is 16.5. The van der Waals surface area contributed by atoms with Gasteiger partial charge in [-0.15, -0.1) is 0 Å². The molecule has 3 rings (SSSR count). The maximum atomic E-state index is 5.60. The zero-order valence-corrected chi connectivity index (χ0v) is 12.6. The molecule has 1 saturated carbocycles. The summed E-state index contributed by atoms with van der Waals surface area (Å²) in [6.45, 7) is 4.23. The molecule has 0 bridgehead atoms. The van der Waals surface area contributed by atoms with Crippen LogP contribution < -0.4 is 10.2 Å². The van der Waals surface area contributed by atoms with E-state index in [0.717, 1.165) is 37.0 Å². The maximum Gasteiger partial charge on any atom is 0.136 e. The second-order valence-corrected chi connectivity index (χ2v) is 5.98. The van der Waals surface area contributed by atoms with Gasteiger partial charge < -0.3 is 15.0 Å². The van der Waals surface area contributed by atoms with Gasteiger partial charge in [-0.1, -0.05) is 6.92 Å². The molecular formula is C15H24N4O. The molecule has 0 aromatic carbocycles. The zero-order chi connectivity index (χ0) is 14.1. The molecule has 0 spiro atoms. The van der Waals surface area contributed by atoms with Crippen LogP contribution in [-0.2, 0) is 4.74 Å². The molecule has 2 heterocycles. The smallest absolute Gasteiger partial charge is 0.136 e. The van der Waals surface area contributed by atoms with Crippen molar-refractivity contribution in [1.82, 2.24) is 9.97 Å². The summed E-state index contributed by atoms with van der Waals surface area (Å²) in [5.74, 6) is 4.15. The number of piperidine rings is 1. The maximum absolute atomic E-state index is 5.60. The fourth-order valence-electron chi connectivity index (χ4n) is 2.82. The minimum Gasteiger partial charge on any atom is -0.379 e. The van der Waals surface area contributed by atoms with Gasteiger partial charge in [-0.05, 0) is 25.2 Å². The van der Waals surface area contributed by atoms with E-state index in [1.807, 2.05) is 7.05 Å². The molecule has 5 nitrogen and oxygen atoms in total. The Hall–Kier alpha value is -1.36. The van der Waals surface area contributed by atoms with Crippen LogP contribution in [0.4, 0.5) is 11.6 Å². The molecule has 2 fully saturated rings. The van der Waals surface area contributed by atoms with Gasteiger partial charge in [0.2, 0.25) is 0 Å². The van der Waals surface area contributed by atoms with Gasteiger partial charge in [-0.3, -0.25) is 0 Å². The van der Waals surface area contributed by atoms with Crippen molar-refractivity contribution in [2.45, 2.75) is 38.2 Å². The molecule has 1 N–H and O–H groups in total. The summed E-state index contributed by atoms with van der Waals surface area (Å²) in [6, 6.07) is 2.05. The first kappa shape index (κ1) is 13.6. The van der Waals surface area contributed by atoms with Gasteiger partial charge in [0.25, 0.3) is 0 Å². The van der Waals surface area contributed by atoms with E-state index >= 15 is 0 Å². The Morgan fingerprint density at radius 2 is 2.10 bits per heavy atom. The van der Waals surface area contributed by atoms with Gasteiger partial charge in [0.05, 0.1) is 6.10 Å². The fraction of sp³-hybridized carbons (Fsp3) is 0.733. The van der Waals surface area contributed by atoms with E-state index in [2.05, 4.69) is 28.2 Å². The van der Waals surface area contributed by atoms with Crippen molar-refractivity contribution in [1.29, 1.82) is 0 Å². The van der Waals surface area contributed by atoms with Crippen molar-refractivity contribution >= 4 is 11.6 Å². The van der Waals surface area contributed by atoms with E-state index in [4.69, 9.17) is 9.72 Å². The summed E-state index contributed by atoms with van der Waals surface area (Å²) in [4.78, 5) is 11.7. The largest absolute Gasteiger partial charge is 0.379 e. The van der Waals surface area contributed by atoms with Crippen LogP contribution in [0.5, 0.6) is 0 Å². The first-order valence-corrected chi connectivity index (χ1v) is 7.55. The quantitative estimate of drug-likeness (QED) is 0.914. The summed E-state index contributed by atoms with van der Waals surface area (Å²) >= 11 is 0. The molecular weight excluding hydrogens is 252 g/mol. The molecule has 1 aliphatic carbocycles. The third-order valence-electron chi connectivity index (χ3n) is 4.44. The number of nitrogens with one attached hydrogen (secondary N) is 1. The van der Waals surface area contributed by atoms with Crippen LogP contribution in [0.1, 0.15) is 37.9 Å². The van der Waals surface area contributed by atoms with E-state index in [0.29, 0.717) is 17.9 Å². The summed E-state index contributed by atoms with van der Waals surface area (Å²) in [6.07, 6.45) is 3.89. The van der Waals surface area contributed by atoms with Crippen molar-refractivity contribution in [2.24, 2.45) is 5.92 Å². The standard InChI is InChI=1S/C15H24N4O/c1-10-6-7-19(9-12(10)20-3)14-8-13(16-2)17-15(18-14)11-4-5-11/h8,10-12H,4-7,9H2,1-3H3,(H,16,17,18). The predicted octanol–water partition coefficient (Wildman–Crippen LogP) is 2.26. The molecule has 110 valence electrons. The molecule has 2 atom stereocenters. The number of ether oxygens (including phenoxy) is 1. The Morgan fingerprint density at radius 1 is 1.30 bits per heavy atom. The third kappa shape index (κ3) is 2.73. The minimum atomic E-state index is 0.293. The predicted molar refractivity (Wildman–Crippen MR) is 80.3 cm³/mol. The monoisotopic (exact) mass is 276 g/mol. The Bertz CT molecular complexity index is 475. The molecule has 1 aliphatic heterocycles. The zero-order valence-electron chi connectivity index (χ0n) is 12.6. The topological polar surface area (TPSA) is 50.3 Å². The second kappa shape index (κ2) is 5.56. The van der Waals surface area contributed by atoms with Crippen molar-refractivity contribution in [2.75, 3.05) is 37.5 Å². The summed E-state index contributed by atoms with van der Waals surface area (Å²) < 4.78 is 5.60. The normalized spacial score (nSPS) is 26.6. The number of hydrogen-bond donors (Lipinski definition) is 1. The van der Waals surface area contributed by atoms with Crippen LogP contribution in [-0.4, -0.2) is 43.3 Å². The van der Waals surface area contributed by atoms with Gasteiger partial charge >= 0.3 is 0 Å². The molecule has 1 saturated heterocycles. The molecule has 2 aliphatic rings. The molecule has 2 unspecified atom stereocenters. The van der Waals surface area contributed by atoms with Crippen LogP contribution in [0, 0.1) is 5.92 Å². The summed E-state index contributed by atoms with van der Waals surface area (Å²) in [7, 11) is 3.72. The second-order valence-electron chi connectivity index (χ2n) is 5.98. The van der Waals surface area contributed by atoms with Gasteiger partial charge in [0, 0.05) is 39.2 Å². The first-order chi connectivity index (χ1) is 9.71. The SMILES string of the molecule is CNc1cc(N2CCC(C)C(OC)C2)nc(C2CC2)n1. The van der Waals surface area contributed by atoms with Gasteiger partial charge in [0.1, 0.15) is 17.5 Å². The Kier molecular flexibility index (Phi) is 3.78. The number of methoxy groups -OCH3 is 1. The van der Waals surface area contributed by atoms with Crippen molar-refractivity contribution in [3.63, 3.8) is 0 Å². The highest BCUT2D eigenvalue weighted by Crippen LogP contribution is 2.39. The van der Waals surface area contributed by atoms with Crippen LogP contribution in [0.25, 0.3) is 0 Å². The number of aromatic nitrogens is 2. The molecule has 0 radical (unpaired) electrons.